The van der Waals surface area contributed by atoms with E-state index >= 15 is 0 Å². The van der Waals surface area contributed by atoms with Crippen LogP contribution in [0, 0.1) is 0 Å². The first kappa shape index (κ1) is 8.01. The summed E-state index contributed by atoms with van der Waals surface area (Å²) in [5.41, 5.74) is 0. The lowest BCUT2D eigenvalue weighted by Crippen LogP contribution is -2.31. The molecule has 0 unspecified atom stereocenters. The van der Waals surface area contributed by atoms with Crippen LogP contribution in [0.4, 0.5) is 0 Å². The maximum atomic E-state index is 9.37. The van der Waals surface area contributed by atoms with Crippen LogP contribution in [0.3, 0.4) is 0 Å². The minimum Gasteiger partial charge on any atom is -0.394 e. The van der Waals surface area contributed by atoms with Crippen molar-refractivity contribution in [2.45, 2.75) is 44.2 Å². The predicted molar refractivity (Wildman–Crippen MR) is 46.6 cm³/mol. The van der Waals surface area contributed by atoms with Crippen LogP contribution in [0.1, 0.15) is 16.6 Å². The number of rotatable bonds is 2. The summed E-state index contributed by atoms with van der Waals surface area (Å²) >= 11 is 0. The van der Waals surface area contributed by atoms with Crippen molar-refractivity contribution in [1.29, 1.82) is 0 Å². The lowest BCUT2D eigenvalue weighted by molar-refractivity contribution is -0.230. The Morgan fingerprint density at radius 3 is 2.64 bits per heavy atom. The third kappa shape index (κ3) is 1.55. The van der Waals surface area contributed by atoms with Crippen LogP contribution in [0.2, 0.25) is 0 Å². The van der Waals surface area contributed by atoms with Gasteiger partial charge in [0.25, 0.3) is 0 Å². The summed E-state index contributed by atoms with van der Waals surface area (Å²) in [5.74, 6) is -0.820. The Labute approximate surface area is 85.7 Å². The van der Waals surface area contributed by atoms with Gasteiger partial charge in [0.2, 0.25) is 0 Å². The zero-order chi connectivity index (χ0) is 12.1. The minimum atomic E-state index is -2.49. The lowest BCUT2D eigenvalue weighted by Gasteiger charge is -2.22. The molecule has 0 spiro atoms. The van der Waals surface area contributed by atoms with E-state index in [9.17, 15) is 5.11 Å². The zero-order valence-electron chi connectivity index (χ0n) is 10.4. The molecular weight excluding hydrogens is 188 g/mol. The molecule has 2 heterocycles. The molecule has 2 saturated heterocycles. The molecule has 82 valence electrons. The molecule has 0 aromatic carbocycles. The second kappa shape index (κ2) is 3.43. The molecule has 2 aliphatic heterocycles. The fraction of sp³-hybridized carbons (Fsp3) is 1.00. The smallest absolute Gasteiger partial charge is 0.186 e. The van der Waals surface area contributed by atoms with Gasteiger partial charge in [0, 0.05) is 7.11 Å². The molecule has 5 heteroatoms. The first-order valence-corrected chi connectivity index (χ1v) is 4.51. The van der Waals surface area contributed by atoms with Gasteiger partial charge in [-0.2, -0.15) is 0 Å². The lowest BCUT2D eigenvalue weighted by atomic mass is 10.1. The van der Waals surface area contributed by atoms with Crippen molar-refractivity contribution in [2.24, 2.45) is 0 Å². The predicted octanol–water partition coefficient (Wildman–Crippen LogP) is -0.130. The van der Waals surface area contributed by atoms with Gasteiger partial charge < -0.3 is 24.1 Å². The van der Waals surface area contributed by atoms with Crippen molar-refractivity contribution >= 4 is 0 Å². The molecule has 14 heavy (non-hydrogen) atoms. The van der Waals surface area contributed by atoms with Crippen LogP contribution in [-0.2, 0) is 18.9 Å². The average Bonchev–Trinajstić information content (AvgIpc) is 2.55. The van der Waals surface area contributed by atoms with E-state index < -0.39 is 36.9 Å². The number of methoxy groups -OCH3 is 1. The molecule has 0 amide bonds. The van der Waals surface area contributed by atoms with Gasteiger partial charge in [-0.25, -0.2) is 0 Å². The van der Waals surface area contributed by atoms with E-state index in [-0.39, 0.29) is 0 Å². The summed E-state index contributed by atoms with van der Waals surface area (Å²) in [6.07, 6.45) is -3.02. The molecule has 0 radical (unpaired) electrons. The van der Waals surface area contributed by atoms with Crippen LogP contribution in [0.25, 0.3) is 0 Å². The monoisotopic (exact) mass is 206 g/mol. The number of aliphatic hydroxyl groups is 1. The summed E-state index contributed by atoms with van der Waals surface area (Å²) in [4.78, 5) is 0. The quantitative estimate of drug-likeness (QED) is 0.682. The molecule has 2 fully saturated rings. The fourth-order valence-electron chi connectivity index (χ4n) is 1.85. The van der Waals surface area contributed by atoms with Crippen molar-refractivity contribution in [3.63, 3.8) is 0 Å². The second-order valence-corrected chi connectivity index (χ2v) is 3.85. The van der Waals surface area contributed by atoms with E-state index in [0.717, 1.165) is 0 Å². The van der Waals surface area contributed by atoms with Gasteiger partial charge in [-0.15, -0.1) is 0 Å². The van der Waals surface area contributed by atoms with Crippen LogP contribution in [0.5, 0.6) is 0 Å². The molecule has 1 N–H and O–H groups in total. The largest absolute Gasteiger partial charge is 0.394 e. The summed E-state index contributed by atoms with van der Waals surface area (Å²) < 4.78 is 35.9. The van der Waals surface area contributed by atoms with Crippen LogP contribution in [0.15, 0.2) is 0 Å². The normalized spacial score (nSPS) is 48.6. The Hall–Kier alpha value is -0.200. The Kier molecular flexibility index (Phi) is 1.96. The molecular formula is C9H16O5. The topological polar surface area (TPSA) is 57.2 Å². The maximum absolute atomic E-state index is 9.37. The molecule has 0 aromatic rings. The Bertz CT molecular complexity index is 278. The van der Waals surface area contributed by atoms with Crippen molar-refractivity contribution in [3.05, 3.63) is 0 Å². The molecule has 4 atom stereocenters. The third-order valence-electron chi connectivity index (χ3n) is 2.37. The first-order chi connectivity index (χ1) is 7.24. The van der Waals surface area contributed by atoms with E-state index in [4.69, 9.17) is 21.7 Å². The van der Waals surface area contributed by atoms with Gasteiger partial charge in [0.05, 0.1) is 9.30 Å². The van der Waals surface area contributed by atoms with Crippen molar-refractivity contribution in [2.75, 3.05) is 13.7 Å². The fourth-order valence-corrected chi connectivity index (χ4v) is 1.85. The Morgan fingerprint density at radius 2 is 2.07 bits per heavy atom. The van der Waals surface area contributed by atoms with Crippen molar-refractivity contribution < 1.29 is 26.8 Å². The molecule has 0 saturated carbocycles. The van der Waals surface area contributed by atoms with Gasteiger partial charge in [0.1, 0.15) is 18.3 Å². The van der Waals surface area contributed by atoms with Crippen molar-refractivity contribution in [3.8, 4) is 0 Å². The maximum Gasteiger partial charge on any atom is 0.186 e. The van der Waals surface area contributed by atoms with Gasteiger partial charge in [-0.05, 0) is 13.8 Å². The third-order valence-corrected chi connectivity index (χ3v) is 2.37. The SMILES string of the molecule is [2H]C([2H])(O)[C@H]1O[C@@H](OC)[C@@H]2OC(C)(C)O[C@@H]21. The van der Waals surface area contributed by atoms with Gasteiger partial charge in [-0.3, -0.25) is 0 Å². The zero-order valence-corrected chi connectivity index (χ0v) is 8.39. The van der Waals surface area contributed by atoms with Crippen LogP contribution < -0.4 is 0 Å². The number of hydrogen-bond acceptors (Lipinski definition) is 5. The van der Waals surface area contributed by atoms with E-state index in [1.807, 2.05) is 0 Å². The van der Waals surface area contributed by atoms with Crippen LogP contribution >= 0.6 is 0 Å². The van der Waals surface area contributed by atoms with E-state index in [1.54, 1.807) is 13.8 Å². The molecule has 0 bridgehead atoms. The molecule has 5 nitrogen and oxygen atoms in total. The van der Waals surface area contributed by atoms with Gasteiger partial charge in [-0.1, -0.05) is 0 Å². The molecule has 2 rings (SSSR count). The summed E-state index contributed by atoms with van der Waals surface area (Å²) in [7, 11) is 1.44. The standard InChI is InChI=1S/C9H16O5/c1-9(2)13-6-5(4-10)12-8(11-3)7(6)14-9/h5-8,10H,4H2,1-3H3/t5-,6-,7-,8-/m1/s1/i4D2. The highest BCUT2D eigenvalue weighted by atomic mass is 16.8. The number of ether oxygens (including phenoxy) is 4. The number of fused-ring (bicyclic) bond motifs is 1. The summed E-state index contributed by atoms with van der Waals surface area (Å²) in [6.45, 7) is 0.962. The van der Waals surface area contributed by atoms with E-state index in [0.29, 0.717) is 0 Å². The number of hydrogen-bond donors (Lipinski definition) is 1. The highest BCUT2D eigenvalue weighted by Crippen LogP contribution is 2.38. The van der Waals surface area contributed by atoms with E-state index in [1.165, 1.54) is 7.11 Å². The van der Waals surface area contributed by atoms with E-state index in [2.05, 4.69) is 0 Å². The first-order valence-electron chi connectivity index (χ1n) is 5.51. The van der Waals surface area contributed by atoms with Gasteiger partial charge >= 0.3 is 0 Å². The summed E-state index contributed by atoms with van der Waals surface area (Å²) in [6, 6.07) is 0. The van der Waals surface area contributed by atoms with Crippen molar-refractivity contribution in [1.82, 2.24) is 0 Å². The average molecular weight is 206 g/mol. The summed E-state index contributed by atoms with van der Waals surface area (Å²) in [5, 5.41) is 9.37. The highest BCUT2D eigenvalue weighted by Gasteiger charge is 2.55. The molecule has 0 aromatic heterocycles. The Morgan fingerprint density at radius 1 is 1.43 bits per heavy atom. The minimum absolute atomic E-state index is 0.521. The highest BCUT2D eigenvalue weighted by molar-refractivity contribution is 4.94. The van der Waals surface area contributed by atoms with Crippen LogP contribution in [-0.4, -0.2) is 49.2 Å². The molecule has 0 aliphatic carbocycles. The molecule has 2 aliphatic rings. The Balaban J connectivity index is 2.21. The van der Waals surface area contributed by atoms with Gasteiger partial charge in [0.15, 0.2) is 12.1 Å². The second-order valence-electron chi connectivity index (χ2n) is 3.85.